The normalized spacial score (nSPS) is 13.2. The summed E-state index contributed by atoms with van der Waals surface area (Å²) < 4.78 is 0. The molecule has 0 aromatic carbocycles. The second-order valence-corrected chi connectivity index (χ2v) is 5.42. The summed E-state index contributed by atoms with van der Waals surface area (Å²) in [5.41, 5.74) is 1.11. The summed E-state index contributed by atoms with van der Waals surface area (Å²) in [6.07, 6.45) is 0.993. The number of nitrogens with zero attached hydrogens (tertiary/aromatic N) is 2. The van der Waals surface area contributed by atoms with Crippen LogP contribution >= 0.6 is 11.3 Å². The van der Waals surface area contributed by atoms with Crippen molar-refractivity contribution in [3.8, 4) is 0 Å². The van der Waals surface area contributed by atoms with Crippen molar-refractivity contribution in [2.45, 2.75) is 26.3 Å². The van der Waals surface area contributed by atoms with E-state index in [1.807, 2.05) is 14.0 Å². The van der Waals surface area contributed by atoms with Crippen LogP contribution in [0.15, 0.2) is 5.38 Å². The highest BCUT2D eigenvalue weighted by atomic mass is 32.1. The highest BCUT2D eigenvalue weighted by molar-refractivity contribution is 7.09. The van der Waals surface area contributed by atoms with Crippen molar-refractivity contribution in [2.24, 2.45) is 0 Å². The lowest BCUT2D eigenvalue weighted by molar-refractivity contribution is 0.211. The smallest absolute Gasteiger partial charge is 0.0940 e. The third kappa shape index (κ3) is 6.12. The molecule has 1 aromatic rings. The summed E-state index contributed by atoms with van der Waals surface area (Å²) in [4.78, 5) is 6.56. The number of aliphatic hydroxyl groups excluding tert-OH is 1. The number of aromatic nitrogens is 1. The number of rotatable bonds is 8. The van der Waals surface area contributed by atoms with E-state index in [9.17, 15) is 0 Å². The van der Waals surface area contributed by atoms with Crippen molar-refractivity contribution in [3.05, 3.63) is 16.1 Å². The summed E-state index contributed by atoms with van der Waals surface area (Å²) in [7, 11) is 2.03. The lowest BCUT2D eigenvalue weighted by Crippen LogP contribution is -2.39. The molecule has 0 aliphatic rings. The molecule has 1 heterocycles. The standard InChI is InChI=1S/C12H23N3OS/c1-10(8-15(3)6-7-16)13-5-4-12-14-11(2)9-17-12/h9-10,13,16H,4-8H2,1-3H3. The predicted molar refractivity (Wildman–Crippen MR) is 72.6 cm³/mol. The largest absolute Gasteiger partial charge is 0.395 e. The third-order valence-corrected chi connectivity index (χ3v) is 3.59. The number of nitrogens with one attached hydrogen (secondary N) is 1. The van der Waals surface area contributed by atoms with E-state index in [-0.39, 0.29) is 6.61 Å². The van der Waals surface area contributed by atoms with Crippen molar-refractivity contribution >= 4 is 11.3 Å². The first-order valence-electron chi connectivity index (χ1n) is 6.05. The Labute approximate surface area is 108 Å². The van der Waals surface area contributed by atoms with Gasteiger partial charge in [-0.05, 0) is 20.9 Å². The number of hydrogen-bond acceptors (Lipinski definition) is 5. The van der Waals surface area contributed by atoms with Gasteiger partial charge in [-0.3, -0.25) is 0 Å². The fourth-order valence-corrected chi connectivity index (χ4v) is 2.51. The predicted octanol–water partition coefficient (Wildman–Crippen LogP) is 0.896. The van der Waals surface area contributed by atoms with Crippen LogP contribution in [-0.4, -0.2) is 54.3 Å². The Hall–Kier alpha value is -0.490. The molecule has 98 valence electrons. The van der Waals surface area contributed by atoms with E-state index in [2.05, 4.69) is 27.5 Å². The van der Waals surface area contributed by atoms with Crippen molar-refractivity contribution in [1.29, 1.82) is 0 Å². The molecule has 0 spiro atoms. The Kier molecular flexibility index (Phi) is 6.65. The minimum atomic E-state index is 0.224. The zero-order valence-electron chi connectivity index (χ0n) is 10.9. The molecule has 1 aromatic heterocycles. The molecule has 0 aliphatic carbocycles. The van der Waals surface area contributed by atoms with Gasteiger partial charge in [-0.25, -0.2) is 4.98 Å². The Morgan fingerprint density at radius 2 is 2.35 bits per heavy atom. The van der Waals surface area contributed by atoms with E-state index in [0.717, 1.165) is 31.7 Å². The van der Waals surface area contributed by atoms with Gasteiger partial charge in [0, 0.05) is 43.2 Å². The van der Waals surface area contributed by atoms with E-state index in [1.165, 1.54) is 5.01 Å². The lowest BCUT2D eigenvalue weighted by atomic mass is 10.3. The number of hydrogen-bond donors (Lipinski definition) is 2. The summed E-state index contributed by atoms with van der Waals surface area (Å²) in [6, 6.07) is 0.438. The molecular formula is C12H23N3OS. The average molecular weight is 257 g/mol. The lowest BCUT2D eigenvalue weighted by Gasteiger charge is -2.21. The van der Waals surface area contributed by atoms with Crippen LogP contribution < -0.4 is 5.32 Å². The third-order valence-electron chi connectivity index (χ3n) is 2.57. The van der Waals surface area contributed by atoms with Gasteiger partial charge < -0.3 is 15.3 Å². The highest BCUT2D eigenvalue weighted by Crippen LogP contribution is 2.08. The maximum Gasteiger partial charge on any atom is 0.0940 e. The van der Waals surface area contributed by atoms with E-state index < -0.39 is 0 Å². The fourth-order valence-electron chi connectivity index (χ4n) is 1.74. The van der Waals surface area contributed by atoms with Gasteiger partial charge >= 0.3 is 0 Å². The van der Waals surface area contributed by atoms with Crippen molar-refractivity contribution < 1.29 is 5.11 Å². The number of aliphatic hydroxyl groups is 1. The van der Waals surface area contributed by atoms with Gasteiger partial charge in [0.15, 0.2) is 0 Å². The van der Waals surface area contributed by atoms with Crippen LogP contribution in [0.25, 0.3) is 0 Å². The molecule has 1 atom stereocenters. The molecule has 1 rings (SSSR count). The molecule has 0 amide bonds. The van der Waals surface area contributed by atoms with Gasteiger partial charge in [0.1, 0.15) is 0 Å². The van der Waals surface area contributed by atoms with Gasteiger partial charge in [-0.2, -0.15) is 0 Å². The van der Waals surface area contributed by atoms with E-state index >= 15 is 0 Å². The number of aryl methyl sites for hydroxylation is 1. The Morgan fingerprint density at radius 1 is 1.59 bits per heavy atom. The molecule has 17 heavy (non-hydrogen) atoms. The van der Waals surface area contributed by atoms with Gasteiger partial charge in [0.2, 0.25) is 0 Å². The Bertz CT molecular complexity index is 316. The van der Waals surface area contributed by atoms with Crippen LogP contribution in [0.5, 0.6) is 0 Å². The quantitative estimate of drug-likeness (QED) is 0.726. The zero-order valence-corrected chi connectivity index (χ0v) is 11.8. The summed E-state index contributed by atoms with van der Waals surface area (Å²) in [5, 5.41) is 15.6. The molecular weight excluding hydrogens is 234 g/mol. The highest BCUT2D eigenvalue weighted by Gasteiger charge is 2.05. The molecule has 0 saturated heterocycles. The van der Waals surface area contributed by atoms with Crippen molar-refractivity contribution in [2.75, 3.05) is 33.3 Å². The maximum atomic E-state index is 8.81. The van der Waals surface area contributed by atoms with Crippen molar-refractivity contribution in [1.82, 2.24) is 15.2 Å². The molecule has 2 N–H and O–H groups in total. The first kappa shape index (κ1) is 14.6. The van der Waals surface area contributed by atoms with Crippen LogP contribution in [0, 0.1) is 6.92 Å². The van der Waals surface area contributed by atoms with Gasteiger partial charge in [0.25, 0.3) is 0 Å². The molecule has 1 unspecified atom stereocenters. The van der Waals surface area contributed by atoms with Gasteiger partial charge in [0.05, 0.1) is 11.6 Å². The van der Waals surface area contributed by atoms with E-state index in [0.29, 0.717) is 6.04 Å². The summed E-state index contributed by atoms with van der Waals surface area (Å²) in [6.45, 7) is 7.07. The van der Waals surface area contributed by atoms with Crippen LogP contribution in [0.1, 0.15) is 17.6 Å². The minimum Gasteiger partial charge on any atom is -0.395 e. The number of likely N-dealkylation sites (N-methyl/N-ethyl adjacent to an activating group) is 1. The molecule has 0 radical (unpaired) electrons. The van der Waals surface area contributed by atoms with Crippen LogP contribution in [0.2, 0.25) is 0 Å². The SMILES string of the molecule is Cc1csc(CCNC(C)CN(C)CCO)n1. The topological polar surface area (TPSA) is 48.4 Å². The van der Waals surface area contributed by atoms with Gasteiger partial charge in [-0.1, -0.05) is 0 Å². The van der Waals surface area contributed by atoms with Crippen LogP contribution in [0.3, 0.4) is 0 Å². The molecule has 0 saturated carbocycles. The molecule has 0 aliphatic heterocycles. The second-order valence-electron chi connectivity index (χ2n) is 4.47. The fraction of sp³-hybridized carbons (Fsp3) is 0.750. The Morgan fingerprint density at radius 3 is 2.94 bits per heavy atom. The monoisotopic (exact) mass is 257 g/mol. The maximum absolute atomic E-state index is 8.81. The first-order chi connectivity index (χ1) is 8.11. The minimum absolute atomic E-state index is 0.224. The zero-order chi connectivity index (χ0) is 12.7. The number of thiazole rings is 1. The molecule has 0 fully saturated rings. The molecule has 5 heteroatoms. The molecule has 4 nitrogen and oxygen atoms in total. The second kappa shape index (κ2) is 7.76. The Balaban J connectivity index is 2.13. The van der Waals surface area contributed by atoms with Gasteiger partial charge in [-0.15, -0.1) is 11.3 Å². The molecule has 0 bridgehead atoms. The summed E-state index contributed by atoms with van der Waals surface area (Å²) >= 11 is 1.73. The first-order valence-corrected chi connectivity index (χ1v) is 6.93. The van der Waals surface area contributed by atoms with E-state index in [4.69, 9.17) is 5.11 Å². The average Bonchev–Trinajstić information content (AvgIpc) is 2.64. The van der Waals surface area contributed by atoms with Crippen molar-refractivity contribution in [3.63, 3.8) is 0 Å². The van der Waals surface area contributed by atoms with E-state index in [1.54, 1.807) is 11.3 Å². The summed E-state index contributed by atoms with van der Waals surface area (Å²) in [5.74, 6) is 0. The van der Waals surface area contributed by atoms with Crippen LogP contribution in [-0.2, 0) is 6.42 Å². The van der Waals surface area contributed by atoms with Crippen LogP contribution in [0.4, 0.5) is 0 Å².